The number of unbranched alkanes of at least 4 members (excludes halogenated alkanes) is 1. The highest BCUT2D eigenvalue weighted by molar-refractivity contribution is 14.0. The van der Waals surface area contributed by atoms with Crippen molar-refractivity contribution in [2.24, 2.45) is 4.99 Å². The van der Waals surface area contributed by atoms with E-state index in [4.69, 9.17) is 0 Å². The van der Waals surface area contributed by atoms with Gasteiger partial charge in [-0.05, 0) is 12.8 Å². The Morgan fingerprint density at radius 3 is 2.56 bits per heavy atom. The molecule has 0 aliphatic rings. The summed E-state index contributed by atoms with van der Waals surface area (Å²) in [5.74, 6) is 0.838. The van der Waals surface area contributed by atoms with Crippen molar-refractivity contribution < 1.29 is 8.42 Å². The van der Waals surface area contributed by atoms with Crippen molar-refractivity contribution in [3.8, 4) is 0 Å². The van der Waals surface area contributed by atoms with Gasteiger partial charge in [-0.25, -0.2) is 8.42 Å². The number of nitrogens with zero attached hydrogens (tertiary/aromatic N) is 2. The summed E-state index contributed by atoms with van der Waals surface area (Å²) in [6.45, 7) is 4.92. The first-order valence-corrected chi connectivity index (χ1v) is 7.67. The molecule has 1 N–H and O–H groups in total. The molecule has 5 nitrogen and oxygen atoms in total. The second-order valence-corrected chi connectivity index (χ2v) is 6.22. The Balaban J connectivity index is 0. The van der Waals surface area contributed by atoms with Gasteiger partial charge in [-0.1, -0.05) is 6.08 Å². The second kappa shape index (κ2) is 10.6. The minimum atomic E-state index is -2.92. The van der Waals surface area contributed by atoms with Crippen LogP contribution in [0.3, 0.4) is 0 Å². The summed E-state index contributed by atoms with van der Waals surface area (Å²) in [5, 5.41) is 3.02. The molecule has 0 aromatic carbocycles. The lowest BCUT2D eigenvalue weighted by Gasteiger charge is -2.21. The van der Waals surface area contributed by atoms with Gasteiger partial charge >= 0.3 is 0 Å². The zero-order valence-corrected chi connectivity index (χ0v) is 14.5. The van der Waals surface area contributed by atoms with Crippen molar-refractivity contribution in [2.45, 2.75) is 12.8 Å². The zero-order valence-electron chi connectivity index (χ0n) is 11.3. The largest absolute Gasteiger partial charge is 0.355 e. The van der Waals surface area contributed by atoms with Gasteiger partial charge in [-0.3, -0.25) is 4.99 Å². The van der Waals surface area contributed by atoms with Gasteiger partial charge in [0.15, 0.2) is 5.96 Å². The summed E-state index contributed by atoms with van der Waals surface area (Å²) in [5.41, 5.74) is 0. The molecule has 7 heteroatoms. The Kier molecular flexibility index (Phi) is 11.8. The van der Waals surface area contributed by atoms with E-state index in [1.807, 2.05) is 18.0 Å². The van der Waals surface area contributed by atoms with E-state index in [0.29, 0.717) is 6.54 Å². The topological polar surface area (TPSA) is 61.8 Å². The number of halogens is 1. The van der Waals surface area contributed by atoms with Gasteiger partial charge in [0.1, 0.15) is 9.84 Å². The Labute approximate surface area is 128 Å². The molecule has 108 valence electrons. The van der Waals surface area contributed by atoms with Crippen LogP contribution in [0.15, 0.2) is 17.6 Å². The van der Waals surface area contributed by atoms with Crippen LogP contribution in [-0.4, -0.2) is 58.5 Å². The molecular weight excluding hydrogens is 365 g/mol. The van der Waals surface area contributed by atoms with Crippen molar-refractivity contribution in [3.63, 3.8) is 0 Å². The molecule has 0 radical (unpaired) electrons. The number of hydrogen-bond acceptors (Lipinski definition) is 3. The smallest absolute Gasteiger partial charge is 0.193 e. The molecule has 0 amide bonds. The minimum absolute atomic E-state index is 0. The summed E-state index contributed by atoms with van der Waals surface area (Å²) >= 11 is 0. The molecule has 0 aliphatic heterocycles. The third-order valence-corrected chi connectivity index (χ3v) is 3.18. The Morgan fingerprint density at radius 2 is 2.11 bits per heavy atom. The minimum Gasteiger partial charge on any atom is -0.355 e. The molecule has 0 saturated carbocycles. The predicted molar refractivity (Wildman–Crippen MR) is 88.5 cm³/mol. The average molecular weight is 389 g/mol. The van der Waals surface area contributed by atoms with Crippen LogP contribution in [0.2, 0.25) is 0 Å². The lowest BCUT2D eigenvalue weighted by Crippen LogP contribution is -2.41. The molecule has 18 heavy (non-hydrogen) atoms. The molecule has 0 bridgehead atoms. The van der Waals surface area contributed by atoms with E-state index in [1.54, 1.807) is 7.05 Å². The van der Waals surface area contributed by atoms with E-state index >= 15 is 0 Å². The van der Waals surface area contributed by atoms with Crippen LogP contribution in [0.1, 0.15) is 12.8 Å². The number of rotatable bonds is 7. The highest BCUT2D eigenvalue weighted by Crippen LogP contribution is 1.94. The number of aliphatic imine (C=N–C) groups is 1. The average Bonchev–Trinajstić information content (AvgIpc) is 2.23. The SMILES string of the molecule is C=CCCCN(C)C(=NC)NCCS(C)(=O)=O.I. The first kappa shape index (κ1) is 20.0. The molecule has 0 atom stereocenters. The van der Waals surface area contributed by atoms with Gasteiger partial charge in [0.25, 0.3) is 0 Å². The zero-order chi connectivity index (χ0) is 13.3. The quantitative estimate of drug-likeness (QED) is 0.233. The Morgan fingerprint density at radius 1 is 1.50 bits per heavy atom. The van der Waals surface area contributed by atoms with Gasteiger partial charge in [0, 0.05) is 33.4 Å². The number of sulfone groups is 1. The third-order valence-electron chi connectivity index (χ3n) is 2.23. The van der Waals surface area contributed by atoms with Crippen LogP contribution in [0.25, 0.3) is 0 Å². The number of nitrogens with one attached hydrogen (secondary N) is 1. The van der Waals surface area contributed by atoms with E-state index in [0.717, 1.165) is 25.3 Å². The molecule has 0 fully saturated rings. The van der Waals surface area contributed by atoms with Crippen LogP contribution in [0, 0.1) is 0 Å². The summed E-state index contributed by atoms with van der Waals surface area (Å²) < 4.78 is 22.0. The van der Waals surface area contributed by atoms with E-state index < -0.39 is 9.84 Å². The monoisotopic (exact) mass is 389 g/mol. The number of allylic oxidation sites excluding steroid dienone is 1. The van der Waals surface area contributed by atoms with Crippen LogP contribution in [0.5, 0.6) is 0 Å². The number of guanidine groups is 1. The molecule has 0 aliphatic carbocycles. The fourth-order valence-electron chi connectivity index (χ4n) is 1.31. The molecule has 0 unspecified atom stereocenters. The normalized spacial score (nSPS) is 11.6. The second-order valence-electron chi connectivity index (χ2n) is 3.96. The maximum absolute atomic E-state index is 11.0. The third kappa shape index (κ3) is 10.8. The summed E-state index contributed by atoms with van der Waals surface area (Å²) in [4.78, 5) is 6.08. The first-order valence-electron chi connectivity index (χ1n) is 5.61. The fourth-order valence-corrected chi connectivity index (χ4v) is 1.78. The Hall–Kier alpha value is -0.310. The first-order chi connectivity index (χ1) is 7.90. The van der Waals surface area contributed by atoms with Gasteiger partial charge in [0.2, 0.25) is 0 Å². The van der Waals surface area contributed by atoms with E-state index in [-0.39, 0.29) is 29.7 Å². The van der Waals surface area contributed by atoms with E-state index in [1.165, 1.54) is 6.26 Å². The lowest BCUT2D eigenvalue weighted by atomic mass is 10.3. The molecule has 0 saturated heterocycles. The fraction of sp³-hybridized carbons (Fsp3) is 0.727. The van der Waals surface area contributed by atoms with Gasteiger partial charge < -0.3 is 10.2 Å². The van der Waals surface area contributed by atoms with Crippen molar-refractivity contribution in [2.75, 3.05) is 39.2 Å². The highest BCUT2D eigenvalue weighted by atomic mass is 127. The van der Waals surface area contributed by atoms with Gasteiger partial charge in [0.05, 0.1) is 5.75 Å². The highest BCUT2D eigenvalue weighted by Gasteiger charge is 2.06. The molecular formula is C11H24IN3O2S. The van der Waals surface area contributed by atoms with Crippen LogP contribution >= 0.6 is 24.0 Å². The van der Waals surface area contributed by atoms with Crippen molar-refractivity contribution in [1.29, 1.82) is 0 Å². The van der Waals surface area contributed by atoms with Gasteiger partial charge in [-0.2, -0.15) is 0 Å². The van der Waals surface area contributed by atoms with Crippen molar-refractivity contribution >= 4 is 39.8 Å². The van der Waals surface area contributed by atoms with Crippen LogP contribution in [0.4, 0.5) is 0 Å². The standard InChI is InChI=1S/C11H23N3O2S.HI/c1-5-6-7-9-14(3)11(12-2)13-8-10-17(4,15)16;/h5H,1,6-10H2,2-4H3,(H,12,13);1H. The Bertz CT molecular complexity index is 355. The number of hydrogen-bond donors (Lipinski definition) is 1. The van der Waals surface area contributed by atoms with E-state index in [2.05, 4.69) is 16.9 Å². The maximum Gasteiger partial charge on any atom is 0.193 e. The molecule has 0 aromatic rings. The lowest BCUT2D eigenvalue weighted by molar-refractivity contribution is 0.472. The van der Waals surface area contributed by atoms with Gasteiger partial charge in [-0.15, -0.1) is 30.6 Å². The molecule has 0 rings (SSSR count). The van der Waals surface area contributed by atoms with Crippen LogP contribution in [-0.2, 0) is 9.84 Å². The molecule has 0 aromatic heterocycles. The summed E-state index contributed by atoms with van der Waals surface area (Å²) in [7, 11) is 0.693. The summed E-state index contributed by atoms with van der Waals surface area (Å²) in [6.07, 6.45) is 5.08. The summed E-state index contributed by atoms with van der Waals surface area (Å²) in [6, 6.07) is 0. The maximum atomic E-state index is 11.0. The predicted octanol–water partition coefficient (Wildman–Crippen LogP) is 1.12. The van der Waals surface area contributed by atoms with Crippen molar-refractivity contribution in [3.05, 3.63) is 12.7 Å². The van der Waals surface area contributed by atoms with Crippen LogP contribution < -0.4 is 5.32 Å². The molecule has 0 heterocycles. The van der Waals surface area contributed by atoms with E-state index in [9.17, 15) is 8.42 Å². The molecule has 0 spiro atoms. The van der Waals surface area contributed by atoms with Crippen molar-refractivity contribution in [1.82, 2.24) is 10.2 Å².